The highest BCUT2D eigenvalue weighted by atomic mass is 16.2. The molecule has 3 N–H and O–H groups in total. The maximum absolute atomic E-state index is 10.3. The molecule has 0 aliphatic heterocycles. The zero-order valence-electron chi connectivity index (χ0n) is 5.97. The smallest absolute Gasteiger partial charge is 0.245 e. The summed E-state index contributed by atoms with van der Waals surface area (Å²) in [5.74, 6) is -0.755. The zero-order chi connectivity index (χ0) is 8.15. The molecular weight excluding hydrogens is 132 g/mol. The highest BCUT2D eigenvalue weighted by Gasteiger charge is 1.95. The average Bonchev–Trinajstić information content (AvgIpc) is 1.82. The van der Waals surface area contributed by atoms with Crippen molar-refractivity contribution in [2.45, 2.75) is 13.8 Å². The van der Waals surface area contributed by atoms with Crippen molar-refractivity contribution in [2.75, 3.05) is 0 Å². The molecule has 4 heteroatoms. The monoisotopic (exact) mass is 142 g/mol. The number of hydrogen-bond donors (Lipinski definition) is 2. The van der Waals surface area contributed by atoms with Gasteiger partial charge in [-0.3, -0.25) is 9.59 Å². The van der Waals surface area contributed by atoms with Crippen LogP contribution in [0.2, 0.25) is 0 Å². The summed E-state index contributed by atoms with van der Waals surface area (Å²) in [5.41, 5.74) is 5.19. The van der Waals surface area contributed by atoms with E-state index < -0.39 is 5.91 Å². The summed E-state index contributed by atoms with van der Waals surface area (Å²) < 4.78 is 0. The van der Waals surface area contributed by atoms with Gasteiger partial charge in [0, 0.05) is 18.7 Å². The second-order valence-corrected chi connectivity index (χ2v) is 1.89. The molecule has 0 radical (unpaired) electrons. The Labute approximate surface area is 59.1 Å². The van der Waals surface area contributed by atoms with Crippen molar-refractivity contribution in [1.82, 2.24) is 5.32 Å². The van der Waals surface area contributed by atoms with Crippen molar-refractivity contribution in [1.29, 1.82) is 0 Å². The minimum Gasteiger partial charge on any atom is -0.366 e. The Morgan fingerprint density at radius 3 is 2.20 bits per heavy atom. The molecule has 0 aromatic rings. The molecule has 0 aliphatic carbocycles. The third kappa shape index (κ3) is 3.65. The lowest BCUT2D eigenvalue weighted by Crippen LogP contribution is -2.18. The van der Waals surface area contributed by atoms with Crippen LogP contribution in [0.3, 0.4) is 0 Å². The maximum Gasteiger partial charge on any atom is 0.245 e. The van der Waals surface area contributed by atoms with Crippen LogP contribution in [0.1, 0.15) is 13.8 Å². The van der Waals surface area contributed by atoms with Gasteiger partial charge in [-0.2, -0.15) is 0 Å². The SMILES string of the molecule is CC(=O)NC=C(C)C(N)=O. The van der Waals surface area contributed by atoms with Gasteiger partial charge in [0.25, 0.3) is 0 Å². The quantitative estimate of drug-likeness (QED) is 0.511. The first-order valence-electron chi connectivity index (χ1n) is 2.77. The Morgan fingerprint density at radius 1 is 1.40 bits per heavy atom. The Hall–Kier alpha value is -1.32. The van der Waals surface area contributed by atoms with E-state index in [1.807, 2.05) is 0 Å². The molecule has 0 unspecified atom stereocenters. The highest BCUT2D eigenvalue weighted by Crippen LogP contribution is 1.85. The molecule has 0 bridgehead atoms. The molecule has 2 amide bonds. The van der Waals surface area contributed by atoms with Crippen LogP contribution in [0, 0.1) is 0 Å². The van der Waals surface area contributed by atoms with E-state index in [1.54, 1.807) is 0 Å². The van der Waals surface area contributed by atoms with Crippen LogP contribution in [-0.4, -0.2) is 11.8 Å². The molecule has 0 aliphatic rings. The summed E-state index contributed by atoms with van der Waals surface area (Å²) >= 11 is 0. The van der Waals surface area contributed by atoms with E-state index in [1.165, 1.54) is 20.0 Å². The molecule has 0 rings (SSSR count). The van der Waals surface area contributed by atoms with Crippen molar-refractivity contribution in [3.63, 3.8) is 0 Å². The topological polar surface area (TPSA) is 72.2 Å². The van der Waals surface area contributed by atoms with E-state index in [0.29, 0.717) is 5.57 Å². The van der Waals surface area contributed by atoms with Crippen molar-refractivity contribution in [3.8, 4) is 0 Å². The maximum atomic E-state index is 10.3. The van der Waals surface area contributed by atoms with Gasteiger partial charge in [0.2, 0.25) is 11.8 Å². The molecule has 56 valence electrons. The first kappa shape index (κ1) is 8.68. The minimum absolute atomic E-state index is 0.222. The summed E-state index contributed by atoms with van der Waals surface area (Å²) in [6, 6.07) is 0. The minimum atomic E-state index is -0.534. The van der Waals surface area contributed by atoms with Gasteiger partial charge in [0.15, 0.2) is 0 Å². The fourth-order valence-corrected chi connectivity index (χ4v) is 0.281. The number of primary amides is 1. The van der Waals surface area contributed by atoms with Gasteiger partial charge in [-0.1, -0.05) is 0 Å². The summed E-state index contributed by atoms with van der Waals surface area (Å²) in [6.07, 6.45) is 1.28. The lowest BCUT2D eigenvalue weighted by atomic mass is 10.3. The van der Waals surface area contributed by atoms with Crippen LogP contribution in [0.25, 0.3) is 0 Å². The number of nitrogens with two attached hydrogens (primary N) is 1. The van der Waals surface area contributed by atoms with E-state index >= 15 is 0 Å². The molecule has 0 aromatic heterocycles. The van der Waals surface area contributed by atoms with Gasteiger partial charge in [0.05, 0.1) is 0 Å². The lowest BCUT2D eigenvalue weighted by molar-refractivity contribution is -0.118. The predicted octanol–water partition coefficient (Wildman–Crippen LogP) is -0.488. The first-order valence-corrected chi connectivity index (χ1v) is 2.77. The van der Waals surface area contributed by atoms with Gasteiger partial charge < -0.3 is 11.1 Å². The van der Waals surface area contributed by atoms with Crippen LogP contribution in [0.4, 0.5) is 0 Å². The fraction of sp³-hybridized carbons (Fsp3) is 0.333. The number of carbonyl (C=O) groups excluding carboxylic acids is 2. The summed E-state index contributed by atoms with van der Waals surface area (Å²) in [5, 5.41) is 2.32. The third-order valence-electron chi connectivity index (χ3n) is 0.881. The molecular formula is C6H10N2O2. The molecule has 0 saturated heterocycles. The van der Waals surface area contributed by atoms with Crippen LogP contribution >= 0.6 is 0 Å². The second kappa shape index (κ2) is 3.66. The Bertz CT molecular complexity index is 184. The molecule has 0 fully saturated rings. The number of carbonyl (C=O) groups is 2. The molecule has 0 saturated carbocycles. The lowest BCUT2D eigenvalue weighted by Gasteiger charge is -1.94. The molecule has 10 heavy (non-hydrogen) atoms. The third-order valence-corrected chi connectivity index (χ3v) is 0.881. The van der Waals surface area contributed by atoms with Gasteiger partial charge >= 0.3 is 0 Å². The Kier molecular flexibility index (Phi) is 3.17. The fourth-order valence-electron chi connectivity index (χ4n) is 0.281. The van der Waals surface area contributed by atoms with E-state index in [-0.39, 0.29) is 5.91 Å². The van der Waals surface area contributed by atoms with Crippen LogP contribution < -0.4 is 11.1 Å². The van der Waals surface area contributed by atoms with Gasteiger partial charge in [-0.05, 0) is 6.92 Å². The summed E-state index contributed by atoms with van der Waals surface area (Å²) in [7, 11) is 0. The summed E-state index contributed by atoms with van der Waals surface area (Å²) in [4.78, 5) is 20.6. The predicted molar refractivity (Wildman–Crippen MR) is 36.8 cm³/mol. The Balaban J connectivity index is 3.92. The van der Waals surface area contributed by atoms with Crippen molar-refractivity contribution in [3.05, 3.63) is 11.8 Å². The highest BCUT2D eigenvalue weighted by molar-refractivity contribution is 5.91. The van der Waals surface area contributed by atoms with Gasteiger partial charge in [-0.25, -0.2) is 0 Å². The van der Waals surface area contributed by atoms with Gasteiger partial charge in [0.1, 0.15) is 0 Å². The Morgan fingerprint density at radius 2 is 1.90 bits per heavy atom. The summed E-state index contributed by atoms with van der Waals surface area (Å²) in [6.45, 7) is 2.88. The van der Waals surface area contributed by atoms with Crippen LogP contribution in [0.5, 0.6) is 0 Å². The molecule has 4 nitrogen and oxygen atoms in total. The number of amides is 2. The number of rotatable bonds is 2. The normalized spacial score (nSPS) is 10.8. The first-order chi connectivity index (χ1) is 4.54. The molecule has 0 spiro atoms. The average molecular weight is 142 g/mol. The van der Waals surface area contributed by atoms with E-state index in [2.05, 4.69) is 5.32 Å². The second-order valence-electron chi connectivity index (χ2n) is 1.89. The standard InChI is InChI=1S/C6H10N2O2/c1-4(6(7)10)3-8-5(2)9/h3H,1-2H3,(H2,7,10)(H,8,9). The van der Waals surface area contributed by atoms with E-state index in [0.717, 1.165) is 0 Å². The van der Waals surface area contributed by atoms with Crippen molar-refractivity contribution < 1.29 is 9.59 Å². The van der Waals surface area contributed by atoms with Gasteiger partial charge in [-0.15, -0.1) is 0 Å². The zero-order valence-corrected chi connectivity index (χ0v) is 5.97. The van der Waals surface area contributed by atoms with Crippen LogP contribution in [0.15, 0.2) is 11.8 Å². The van der Waals surface area contributed by atoms with E-state index in [9.17, 15) is 9.59 Å². The van der Waals surface area contributed by atoms with E-state index in [4.69, 9.17) is 5.73 Å². The van der Waals surface area contributed by atoms with Crippen LogP contribution in [-0.2, 0) is 9.59 Å². The molecule has 0 atom stereocenters. The molecule has 0 heterocycles. The number of hydrogen-bond acceptors (Lipinski definition) is 2. The van der Waals surface area contributed by atoms with Crippen molar-refractivity contribution >= 4 is 11.8 Å². The number of nitrogens with one attached hydrogen (secondary N) is 1. The molecule has 0 aromatic carbocycles. The van der Waals surface area contributed by atoms with Crippen molar-refractivity contribution in [2.24, 2.45) is 5.73 Å². The largest absolute Gasteiger partial charge is 0.366 e.